The number of anilines is 2. The lowest BCUT2D eigenvalue weighted by atomic mass is 9.96. The number of fused-ring (bicyclic) bond motifs is 1. The molecule has 0 saturated heterocycles. The van der Waals surface area contributed by atoms with Crippen molar-refractivity contribution in [3.8, 4) is 0 Å². The Morgan fingerprint density at radius 1 is 1.19 bits per heavy atom. The molecule has 0 fully saturated rings. The van der Waals surface area contributed by atoms with E-state index in [9.17, 15) is 18.0 Å². The second-order valence-corrected chi connectivity index (χ2v) is 8.02. The maximum absolute atomic E-state index is 13.8. The van der Waals surface area contributed by atoms with E-state index in [4.69, 9.17) is 11.6 Å². The fourth-order valence-electron chi connectivity index (χ4n) is 3.68. The molecule has 1 aliphatic heterocycles. The zero-order valence-corrected chi connectivity index (χ0v) is 17.6. The smallest absolute Gasteiger partial charge is 0.363 e. The summed E-state index contributed by atoms with van der Waals surface area (Å²) < 4.78 is 42.3. The second-order valence-electron chi connectivity index (χ2n) is 7.64. The van der Waals surface area contributed by atoms with Crippen LogP contribution in [-0.2, 0) is 0 Å². The van der Waals surface area contributed by atoms with Gasteiger partial charge in [0.25, 0.3) is 5.91 Å². The van der Waals surface area contributed by atoms with Crippen LogP contribution < -0.4 is 10.6 Å². The minimum Gasteiger partial charge on any atom is -0.363 e. The average Bonchev–Trinajstić information content (AvgIpc) is 3.14. The Bertz CT molecular complexity index is 1120. The summed E-state index contributed by atoms with van der Waals surface area (Å²) in [6.45, 7) is 3.70. The van der Waals surface area contributed by atoms with E-state index in [0.717, 1.165) is 22.0 Å². The van der Waals surface area contributed by atoms with Crippen molar-refractivity contribution in [1.29, 1.82) is 0 Å². The van der Waals surface area contributed by atoms with Gasteiger partial charge in [-0.1, -0.05) is 53.6 Å². The molecular weight excluding hydrogens is 429 g/mol. The highest BCUT2D eigenvalue weighted by molar-refractivity contribution is 6.34. The van der Waals surface area contributed by atoms with E-state index in [-0.39, 0.29) is 17.8 Å². The number of hydrogen-bond acceptors (Lipinski definition) is 3. The Kier molecular flexibility index (Phi) is 5.43. The van der Waals surface area contributed by atoms with Crippen molar-refractivity contribution in [3.63, 3.8) is 0 Å². The normalized spacial score (nSPS) is 18.3. The summed E-state index contributed by atoms with van der Waals surface area (Å²) in [6, 6.07) is 9.96. The van der Waals surface area contributed by atoms with E-state index in [0.29, 0.717) is 16.3 Å². The van der Waals surface area contributed by atoms with Gasteiger partial charge in [0.1, 0.15) is 11.4 Å². The number of hydrogen-bond donors (Lipinski definition) is 2. The summed E-state index contributed by atoms with van der Waals surface area (Å²) in [7, 11) is 0. The first-order valence-electron chi connectivity index (χ1n) is 9.69. The van der Waals surface area contributed by atoms with Crippen molar-refractivity contribution >= 4 is 29.0 Å². The number of benzene rings is 2. The van der Waals surface area contributed by atoms with Gasteiger partial charge in [0, 0.05) is 6.42 Å². The zero-order chi connectivity index (χ0) is 22.3. The van der Waals surface area contributed by atoms with Crippen molar-refractivity contribution in [2.24, 2.45) is 0 Å². The highest BCUT2D eigenvalue weighted by Crippen LogP contribution is 2.44. The number of halogens is 4. The molecule has 5 nitrogen and oxygen atoms in total. The molecule has 1 aliphatic rings. The van der Waals surface area contributed by atoms with Crippen molar-refractivity contribution in [3.05, 3.63) is 75.9 Å². The molecule has 2 unspecified atom stereocenters. The number of aryl methyl sites for hydroxylation is 2. The topological polar surface area (TPSA) is 59.0 Å². The number of alkyl halides is 3. The van der Waals surface area contributed by atoms with Crippen LogP contribution in [0.2, 0.25) is 5.02 Å². The van der Waals surface area contributed by atoms with E-state index in [1.807, 2.05) is 19.1 Å². The van der Waals surface area contributed by atoms with Crippen LogP contribution in [0.3, 0.4) is 0 Å². The van der Waals surface area contributed by atoms with E-state index < -0.39 is 24.2 Å². The first-order chi connectivity index (χ1) is 14.6. The molecule has 2 N–H and O–H groups in total. The van der Waals surface area contributed by atoms with Gasteiger partial charge >= 0.3 is 6.18 Å². The Hall–Kier alpha value is -3.00. The summed E-state index contributed by atoms with van der Waals surface area (Å²) in [5.74, 6) is -0.563. The molecule has 1 aromatic heterocycles. The molecule has 0 bridgehead atoms. The number of nitrogens with one attached hydrogen (secondary N) is 2. The maximum atomic E-state index is 13.8. The zero-order valence-electron chi connectivity index (χ0n) is 16.8. The highest BCUT2D eigenvalue weighted by Gasteiger charge is 2.47. The molecule has 2 heterocycles. The highest BCUT2D eigenvalue weighted by atomic mass is 35.5. The predicted octanol–water partition coefficient (Wildman–Crippen LogP) is 6.07. The van der Waals surface area contributed by atoms with Gasteiger partial charge in [0.2, 0.25) is 0 Å². The van der Waals surface area contributed by atoms with Crippen LogP contribution in [0.5, 0.6) is 0 Å². The number of carbonyl (C=O) groups excluding carboxylic acids is 1. The van der Waals surface area contributed by atoms with E-state index in [1.165, 1.54) is 0 Å². The minimum absolute atomic E-state index is 0.0173. The lowest BCUT2D eigenvalue weighted by Gasteiger charge is -2.34. The summed E-state index contributed by atoms with van der Waals surface area (Å²) in [5.41, 5.74) is 2.88. The van der Waals surface area contributed by atoms with Crippen molar-refractivity contribution < 1.29 is 18.0 Å². The van der Waals surface area contributed by atoms with Gasteiger partial charge in [-0.2, -0.15) is 18.3 Å². The third-order valence-corrected chi connectivity index (χ3v) is 5.90. The lowest BCUT2D eigenvalue weighted by Crippen LogP contribution is -2.36. The third kappa shape index (κ3) is 4.12. The molecule has 1 amide bonds. The maximum Gasteiger partial charge on any atom is 0.410 e. The average molecular weight is 449 g/mol. The Morgan fingerprint density at radius 3 is 2.58 bits per heavy atom. The summed E-state index contributed by atoms with van der Waals surface area (Å²) in [6.07, 6.45) is -3.59. The van der Waals surface area contributed by atoms with Crippen LogP contribution in [0.4, 0.5) is 24.7 Å². The van der Waals surface area contributed by atoms with Gasteiger partial charge in [-0.15, -0.1) is 0 Å². The quantitative estimate of drug-likeness (QED) is 0.511. The van der Waals surface area contributed by atoms with Crippen LogP contribution in [-0.4, -0.2) is 21.9 Å². The number of nitrogens with zero attached hydrogens (tertiary/aromatic N) is 2. The van der Waals surface area contributed by atoms with Crippen LogP contribution in [0.15, 0.2) is 48.7 Å². The second kappa shape index (κ2) is 7.92. The van der Waals surface area contributed by atoms with Gasteiger partial charge in [-0.3, -0.25) is 4.79 Å². The molecule has 31 heavy (non-hydrogen) atoms. The summed E-state index contributed by atoms with van der Waals surface area (Å²) >= 11 is 6.24. The van der Waals surface area contributed by atoms with Gasteiger partial charge in [0.15, 0.2) is 6.04 Å². The summed E-state index contributed by atoms with van der Waals surface area (Å²) in [4.78, 5) is 12.9. The molecule has 9 heteroatoms. The fourth-order valence-corrected chi connectivity index (χ4v) is 3.85. The molecule has 4 rings (SSSR count). The third-order valence-electron chi connectivity index (χ3n) is 5.40. The van der Waals surface area contributed by atoms with Crippen molar-refractivity contribution in [2.45, 2.75) is 38.5 Å². The van der Waals surface area contributed by atoms with Crippen molar-refractivity contribution in [1.82, 2.24) is 9.78 Å². The van der Waals surface area contributed by atoms with E-state index in [1.54, 1.807) is 37.3 Å². The van der Waals surface area contributed by atoms with Crippen LogP contribution in [0.25, 0.3) is 0 Å². The van der Waals surface area contributed by atoms with Gasteiger partial charge in [-0.05, 0) is 31.0 Å². The number of aromatic nitrogens is 2. The first kappa shape index (κ1) is 21.2. The fraction of sp³-hybridized carbons (Fsp3) is 0.273. The molecule has 0 radical (unpaired) electrons. The van der Waals surface area contributed by atoms with Crippen LogP contribution in [0.1, 0.15) is 45.6 Å². The Labute approximate surface area is 182 Å². The van der Waals surface area contributed by atoms with Gasteiger partial charge in [-0.25, -0.2) is 4.68 Å². The molecule has 3 aromatic rings. The SMILES string of the molecule is Cc1ccc(C2CC(C(F)(F)F)n3ncc(C(=O)Nc4cccc(C)c4Cl)c3N2)cc1. The predicted molar refractivity (Wildman–Crippen MR) is 114 cm³/mol. The standard InChI is InChI=1S/C22H20ClF3N4O/c1-12-6-8-14(9-7-12)17-10-18(22(24,25)26)30-20(28-17)15(11-27-30)21(31)29-16-5-3-4-13(2)19(16)23/h3-9,11,17-18,28H,10H2,1-2H3,(H,29,31). The minimum atomic E-state index is -4.51. The lowest BCUT2D eigenvalue weighted by molar-refractivity contribution is -0.173. The Morgan fingerprint density at radius 2 is 1.90 bits per heavy atom. The molecule has 162 valence electrons. The first-order valence-corrected chi connectivity index (χ1v) is 10.1. The number of amides is 1. The van der Waals surface area contributed by atoms with Crippen molar-refractivity contribution in [2.75, 3.05) is 10.6 Å². The molecule has 0 saturated carbocycles. The number of rotatable bonds is 3. The largest absolute Gasteiger partial charge is 0.410 e. The number of carbonyl (C=O) groups is 1. The van der Waals surface area contributed by atoms with Gasteiger partial charge in [0.05, 0.1) is 22.9 Å². The van der Waals surface area contributed by atoms with Crippen LogP contribution in [0, 0.1) is 13.8 Å². The summed E-state index contributed by atoms with van der Waals surface area (Å²) in [5, 5.41) is 10.0. The van der Waals surface area contributed by atoms with E-state index >= 15 is 0 Å². The Balaban J connectivity index is 1.70. The molecule has 0 aliphatic carbocycles. The molecule has 2 atom stereocenters. The molecule has 0 spiro atoms. The van der Waals surface area contributed by atoms with Gasteiger partial charge < -0.3 is 10.6 Å². The molecular formula is C22H20ClF3N4O. The monoisotopic (exact) mass is 448 g/mol. The van der Waals surface area contributed by atoms with Crippen LogP contribution >= 0.6 is 11.6 Å². The van der Waals surface area contributed by atoms with E-state index in [2.05, 4.69) is 15.7 Å². The molecule has 2 aromatic carbocycles.